The maximum absolute atomic E-state index is 6.07. The second-order valence-electron chi connectivity index (χ2n) is 6.01. The number of para-hydroxylation sites is 3. The highest BCUT2D eigenvalue weighted by atomic mass is 16.7. The molecule has 0 bridgehead atoms. The molecule has 4 rings (SSSR count). The van der Waals surface area contributed by atoms with E-state index in [1.807, 2.05) is 103 Å². The van der Waals surface area contributed by atoms with Crippen molar-refractivity contribution in [2.75, 3.05) is 0 Å². The molecule has 0 amide bonds. The molecule has 0 aliphatic heterocycles. The molecule has 0 saturated carbocycles. The van der Waals surface area contributed by atoms with Gasteiger partial charge >= 0.3 is 0 Å². The van der Waals surface area contributed by atoms with Crippen molar-refractivity contribution < 1.29 is 14.2 Å². The molecule has 0 aliphatic rings. The summed E-state index contributed by atoms with van der Waals surface area (Å²) in [7, 11) is 0. The molecule has 4 heteroatoms. The Hall–Kier alpha value is -3.79. The molecule has 1 aromatic heterocycles. The van der Waals surface area contributed by atoms with E-state index >= 15 is 0 Å². The summed E-state index contributed by atoms with van der Waals surface area (Å²) in [5.74, 6) is 2.58. The zero-order valence-corrected chi connectivity index (χ0v) is 15.1. The van der Waals surface area contributed by atoms with Crippen molar-refractivity contribution in [2.45, 2.75) is 6.29 Å². The van der Waals surface area contributed by atoms with Gasteiger partial charge in [-0.15, -0.1) is 0 Å². The Morgan fingerprint density at radius 3 is 1.54 bits per heavy atom. The highest BCUT2D eigenvalue weighted by molar-refractivity contribution is 5.29. The lowest BCUT2D eigenvalue weighted by Crippen LogP contribution is -2.16. The van der Waals surface area contributed by atoms with Gasteiger partial charge in [0, 0.05) is 6.07 Å². The van der Waals surface area contributed by atoms with Gasteiger partial charge in [0.15, 0.2) is 0 Å². The molecule has 0 radical (unpaired) electrons. The molecule has 1 heterocycles. The second-order valence-corrected chi connectivity index (χ2v) is 6.01. The van der Waals surface area contributed by atoms with Crippen LogP contribution in [0.1, 0.15) is 12.0 Å². The van der Waals surface area contributed by atoms with Gasteiger partial charge in [-0.3, -0.25) is 0 Å². The number of ether oxygens (including phenoxy) is 3. The Morgan fingerprint density at radius 2 is 1.00 bits per heavy atom. The summed E-state index contributed by atoms with van der Waals surface area (Å²) in [6, 6.07) is 34.1. The monoisotopic (exact) mass is 369 g/mol. The average Bonchev–Trinajstić information content (AvgIpc) is 2.76. The van der Waals surface area contributed by atoms with E-state index in [0.717, 1.165) is 5.75 Å². The summed E-state index contributed by atoms with van der Waals surface area (Å²) in [5, 5.41) is 0. The maximum atomic E-state index is 6.07. The van der Waals surface area contributed by atoms with Crippen LogP contribution in [0.5, 0.6) is 23.1 Å². The molecule has 0 saturated heterocycles. The Bertz CT molecular complexity index is 950. The molecule has 0 N–H and O–H groups in total. The van der Waals surface area contributed by atoms with Gasteiger partial charge in [-0.05, 0) is 42.5 Å². The van der Waals surface area contributed by atoms with E-state index in [9.17, 15) is 0 Å². The molecule has 0 aliphatic carbocycles. The van der Waals surface area contributed by atoms with Crippen LogP contribution in [0.4, 0.5) is 0 Å². The predicted octanol–water partition coefficient (Wildman–Crippen LogP) is 6.03. The first-order chi connectivity index (χ1) is 13.9. The van der Waals surface area contributed by atoms with E-state index in [2.05, 4.69) is 4.98 Å². The number of nitrogens with zero attached hydrogens (tertiary/aromatic N) is 1. The Balaban J connectivity index is 1.60. The minimum Gasteiger partial charge on any atom is -0.449 e. The van der Waals surface area contributed by atoms with Gasteiger partial charge in [0.25, 0.3) is 6.29 Å². The standard InChI is InChI=1S/C24H19NO3/c1-4-11-19(12-5-1)26-23-18-10-17-22(25-23)24(27-20-13-6-2-7-14-20)28-21-15-8-3-9-16-21/h1-18,24H. The number of benzene rings is 3. The lowest BCUT2D eigenvalue weighted by atomic mass is 10.3. The van der Waals surface area contributed by atoms with Crippen LogP contribution < -0.4 is 14.2 Å². The van der Waals surface area contributed by atoms with Gasteiger partial charge < -0.3 is 14.2 Å². The summed E-state index contributed by atoms with van der Waals surface area (Å²) < 4.78 is 18.0. The lowest BCUT2D eigenvalue weighted by Gasteiger charge is -2.20. The number of hydrogen-bond donors (Lipinski definition) is 0. The van der Waals surface area contributed by atoms with E-state index < -0.39 is 6.29 Å². The molecule has 28 heavy (non-hydrogen) atoms. The summed E-state index contributed by atoms with van der Waals surface area (Å²) >= 11 is 0. The van der Waals surface area contributed by atoms with Crippen LogP contribution in [-0.4, -0.2) is 4.98 Å². The minimum absolute atomic E-state index is 0.474. The molecular weight excluding hydrogens is 350 g/mol. The van der Waals surface area contributed by atoms with E-state index in [0.29, 0.717) is 23.1 Å². The van der Waals surface area contributed by atoms with Gasteiger partial charge in [0.2, 0.25) is 5.88 Å². The average molecular weight is 369 g/mol. The van der Waals surface area contributed by atoms with Crippen LogP contribution in [0.25, 0.3) is 0 Å². The van der Waals surface area contributed by atoms with Crippen LogP contribution in [0.3, 0.4) is 0 Å². The summed E-state index contributed by atoms with van der Waals surface area (Å²) in [5.41, 5.74) is 0.612. The van der Waals surface area contributed by atoms with Crippen molar-refractivity contribution >= 4 is 0 Å². The zero-order valence-electron chi connectivity index (χ0n) is 15.1. The second kappa shape index (κ2) is 8.73. The summed E-state index contributed by atoms with van der Waals surface area (Å²) in [6.07, 6.45) is -0.718. The van der Waals surface area contributed by atoms with Gasteiger partial charge in [0.05, 0.1) is 0 Å². The van der Waals surface area contributed by atoms with E-state index in [1.54, 1.807) is 6.07 Å². The van der Waals surface area contributed by atoms with Gasteiger partial charge in [-0.2, -0.15) is 0 Å². The number of rotatable bonds is 7. The molecule has 0 atom stereocenters. The van der Waals surface area contributed by atoms with E-state index in [4.69, 9.17) is 14.2 Å². The summed E-state index contributed by atoms with van der Waals surface area (Å²) in [4.78, 5) is 4.59. The predicted molar refractivity (Wildman–Crippen MR) is 108 cm³/mol. The number of pyridine rings is 1. The Morgan fingerprint density at radius 1 is 0.500 bits per heavy atom. The van der Waals surface area contributed by atoms with Crippen molar-refractivity contribution in [1.29, 1.82) is 0 Å². The third-order valence-electron chi connectivity index (χ3n) is 3.92. The maximum Gasteiger partial charge on any atom is 0.284 e. The number of hydrogen-bond acceptors (Lipinski definition) is 4. The first-order valence-electron chi connectivity index (χ1n) is 9.00. The lowest BCUT2D eigenvalue weighted by molar-refractivity contribution is 0.0000291. The van der Waals surface area contributed by atoms with Crippen LogP contribution in [0, 0.1) is 0 Å². The molecule has 0 fully saturated rings. The topological polar surface area (TPSA) is 40.6 Å². The number of aromatic nitrogens is 1. The van der Waals surface area contributed by atoms with Crippen molar-refractivity contribution in [3.8, 4) is 23.1 Å². The normalized spacial score (nSPS) is 10.5. The smallest absolute Gasteiger partial charge is 0.284 e. The van der Waals surface area contributed by atoms with Crippen LogP contribution in [-0.2, 0) is 0 Å². The molecule has 4 aromatic rings. The molecule has 3 aromatic carbocycles. The van der Waals surface area contributed by atoms with Crippen LogP contribution >= 0.6 is 0 Å². The van der Waals surface area contributed by atoms with Crippen molar-refractivity contribution in [3.05, 3.63) is 115 Å². The fourth-order valence-corrected chi connectivity index (χ4v) is 2.62. The van der Waals surface area contributed by atoms with Crippen molar-refractivity contribution in [3.63, 3.8) is 0 Å². The van der Waals surface area contributed by atoms with Crippen molar-refractivity contribution in [1.82, 2.24) is 4.98 Å². The molecule has 0 unspecified atom stereocenters. The Kier molecular flexibility index (Phi) is 5.49. The van der Waals surface area contributed by atoms with Gasteiger partial charge in [-0.25, -0.2) is 4.98 Å². The largest absolute Gasteiger partial charge is 0.449 e. The highest BCUT2D eigenvalue weighted by Crippen LogP contribution is 2.27. The first kappa shape index (κ1) is 17.6. The molecule has 138 valence electrons. The fraction of sp³-hybridized carbons (Fsp3) is 0.0417. The van der Waals surface area contributed by atoms with Crippen LogP contribution in [0.2, 0.25) is 0 Å². The fourth-order valence-electron chi connectivity index (χ4n) is 2.62. The first-order valence-corrected chi connectivity index (χ1v) is 9.00. The SMILES string of the molecule is c1ccc(Oc2cccc(C(Oc3ccccc3)Oc3ccccc3)n2)cc1. The summed E-state index contributed by atoms with van der Waals surface area (Å²) in [6.45, 7) is 0. The van der Waals surface area contributed by atoms with Gasteiger partial charge in [0.1, 0.15) is 22.9 Å². The van der Waals surface area contributed by atoms with Crippen LogP contribution in [0.15, 0.2) is 109 Å². The van der Waals surface area contributed by atoms with E-state index in [1.165, 1.54) is 0 Å². The van der Waals surface area contributed by atoms with Gasteiger partial charge in [-0.1, -0.05) is 60.7 Å². The molecule has 4 nitrogen and oxygen atoms in total. The Labute approximate surface area is 164 Å². The third kappa shape index (κ3) is 4.68. The third-order valence-corrected chi connectivity index (χ3v) is 3.92. The molecular formula is C24H19NO3. The van der Waals surface area contributed by atoms with Crippen molar-refractivity contribution in [2.24, 2.45) is 0 Å². The molecule has 0 spiro atoms. The minimum atomic E-state index is -0.718. The highest BCUT2D eigenvalue weighted by Gasteiger charge is 2.18. The van der Waals surface area contributed by atoms with E-state index in [-0.39, 0.29) is 0 Å². The zero-order chi connectivity index (χ0) is 19.0. The quantitative estimate of drug-likeness (QED) is 0.373.